The fourth-order valence-electron chi connectivity index (χ4n) is 4.80. The van der Waals surface area contributed by atoms with Crippen molar-refractivity contribution in [2.75, 3.05) is 19.6 Å². The number of nitrogens with one attached hydrogen (secondary N) is 5. The minimum absolute atomic E-state index is 0.0978. The van der Waals surface area contributed by atoms with Gasteiger partial charge in [-0.25, -0.2) is 0 Å². The van der Waals surface area contributed by atoms with Gasteiger partial charge in [0, 0.05) is 36.8 Å². The van der Waals surface area contributed by atoms with E-state index in [2.05, 4.69) is 26.6 Å². The lowest BCUT2D eigenvalue weighted by atomic mass is 10.0. The molecule has 0 saturated carbocycles. The average molecular weight is 632 g/mol. The largest absolute Gasteiger partial charge is 0.504 e. The number of likely N-dealkylation sites (N-methyl/N-ethyl adjacent to an activating group) is 1. The first-order valence-corrected chi connectivity index (χ1v) is 15.5. The molecule has 3 aromatic rings. The van der Waals surface area contributed by atoms with Crippen LogP contribution in [0.5, 0.6) is 11.5 Å². The number of amides is 4. The van der Waals surface area contributed by atoms with Crippen LogP contribution in [0.4, 0.5) is 0 Å². The zero-order valence-corrected chi connectivity index (χ0v) is 26.8. The monoisotopic (exact) mass is 631 g/mol. The molecule has 3 aromatic carbocycles. The Kier molecular flexibility index (Phi) is 13.6. The van der Waals surface area contributed by atoms with Crippen LogP contribution in [0.1, 0.15) is 59.5 Å². The van der Waals surface area contributed by atoms with Gasteiger partial charge in [0.15, 0.2) is 11.5 Å². The highest BCUT2D eigenvalue weighted by Gasteiger charge is 2.26. The molecule has 11 heteroatoms. The Morgan fingerprint density at radius 2 is 1.41 bits per heavy atom. The summed E-state index contributed by atoms with van der Waals surface area (Å²) in [6, 6.07) is 18.9. The van der Waals surface area contributed by atoms with Crippen LogP contribution >= 0.6 is 0 Å². The number of carbonyl (C=O) groups excluding carboxylic acids is 4. The summed E-state index contributed by atoms with van der Waals surface area (Å²) < 4.78 is 0. The van der Waals surface area contributed by atoms with Crippen molar-refractivity contribution in [3.8, 4) is 11.5 Å². The SMILES string of the molecule is CCNC(=O)[C@@H](NC(=O)[C@H](C)NC[C@H](Cc1ccccc1)NC(=O)c1cccc(C(=O)NCCc2ccc(O)c(O)c2)c1)C(C)C. The minimum Gasteiger partial charge on any atom is -0.504 e. The fourth-order valence-corrected chi connectivity index (χ4v) is 4.80. The van der Waals surface area contributed by atoms with Crippen molar-refractivity contribution in [1.29, 1.82) is 0 Å². The summed E-state index contributed by atoms with van der Waals surface area (Å²) in [4.78, 5) is 51.6. The topological polar surface area (TPSA) is 169 Å². The van der Waals surface area contributed by atoms with Crippen LogP contribution in [0.3, 0.4) is 0 Å². The molecule has 0 aliphatic rings. The van der Waals surface area contributed by atoms with Crippen LogP contribution in [0, 0.1) is 5.92 Å². The van der Waals surface area contributed by atoms with Crippen LogP contribution in [-0.4, -0.2) is 71.6 Å². The molecule has 0 fully saturated rings. The molecule has 246 valence electrons. The van der Waals surface area contributed by atoms with Crippen molar-refractivity contribution >= 4 is 23.6 Å². The second-order valence-electron chi connectivity index (χ2n) is 11.5. The molecule has 3 atom stereocenters. The van der Waals surface area contributed by atoms with Gasteiger partial charge in [-0.15, -0.1) is 0 Å². The van der Waals surface area contributed by atoms with E-state index in [1.165, 1.54) is 18.2 Å². The Bertz CT molecular complexity index is 1480. The molecule has 7 N–H and O–H groups in total. The zero-order valence-electron chi connectivity index (χ0n) is 26.8. The van der Waals surface area contributed by atoms with E-state index < -0.39 is 18.1 Å². The predicted octanol–water partition coefficient (Wildman–Crippen LogP) is 2.67. The molecule has 0 radical (unpaired) electrons. The third-order valence-electron chi connectivity index (χ3n) is 7.45. The molecule has 0 spiro atoms. The maximum absolute atomic E-state index is 13.4. The lowest BCUT2D eigenvalue weighted by Crippen LogP contribution is -2.55. The van der Waals surface area contributed by atoms with Gasteiger partial charge in [-0.05, 0) is 74.1 Å². The number of phenols is 2. The van der Waals surface area contributed by atoms with Gasteiger partial charge in [0.05, 0.1) is 6.04 Å². The highest BCUT2D eigenvalue weighted by Crippen LogP contribution is 2.24. The molecule has 46 heavy (non-hydrogen) atoms. The second kappa shape index (κ2) is 17.6. The summed E-state index contributed by atoms with van der Waals surface area (Å²) in [5.41, 5.74) is 2.37. The molecule has 0 aromatic heterocycles. The number of carbonyl (C=O) groups is 4. The lowest BCUT2D eigenvalue weighted by molar-refractivity contribution is -0.130. The maximum Gasteiger partial charge on any atom is 0.251 e. The molecule has 0 aliphatic heterocycles. The van der Waals surface area contributed by atoms with Crippen LogP contribution < -0.4 is 26.6 Å². The highest BCUT2D eigenvalue weighted by molar-refractivity contribution is 5.99. The summed E-state index contributed by atoms with van der Waals surface area (Å²) in [6.45, 7) is 8.29. The molecule has 0 aliphatic carbocycles. The number of hydrogen-bond donors (Lipinski definition) is 7. The van der Waals surface area contributed by atoms with Gasteiger partial charge in [0.25, 0.3) is 11.8 Å². The number of aromatic hydroxyl groups is 2. The molecule has 0 heterocycles. The van der Waals surface area contributed by atoms with E-state index in [4.69, 9.17) is 0 Å². The number of rotatable bonds is 16. The van der Waals surface area contributed by atoms with Crippen LogP contribution in [-0.2, 0) is 22.4 Å². The Morgan fingerprint density at radius 1 is 0.717 bits per heavy atom. The normalized spacial score (nSPS) is 12.9. The van der Waals surface area contributed by atoms with Crippen molar-refractivity contribution in [1.82, 2.24) is 26.6 Å². The number of phenolic OH excluding ortho intramolecular Hbond substituents is 2. The quantitative estimate of drug-likeness (QED) is 0.119. The molecule has 11 nitrogen and oxygen atoms in total. The molecule has 0 bridgehead atoms. The molecular formula is C35H45N5O6. The van der Waals surface area contributed by atoms with E-state index in [0.29, 0.717) is 30.5 Å². The standard InChI is InChI=1S/C35H45N5O6/c1-5-36-35(46)31(22(2)3)40-32(43)23(4)38-21-28(18-24-10-7-6-8-11-24)39-34(45)27-13-9-12-26(20-27)33(44)37-17-16-25-14-15-29(41)30(42)19-25/h6-15,19-20,22-23,28,31,38,41-42H,5,16-18,21H2,1-4H3,(H,36,46)(H,37,44)(H,39,45)(H,40,43)/t23-,28-,31-/m0/s1. The van der Waals surface area contributed by atoms with Crippen LogP contribution in [0.25, 0.3) is 0 Å². The van der Waals surface area contributed by atoms with Gasteiger partial charge < -0.3 is 36.8 Å². The van der Waals surface area contributed by atoms with E-state index >= 15 is 0 Å². The lowest BCUT2D eigenvalue weighted by Gasteiger charge is -2.25. The second-order valence-corrected chi connectivity index (χ2v) is 11.5. The summed E-state index contributed by atoms with van der Waals surface area (Å²) in [5, 5.41) is 33.8. The van der Waals surface area contributed by atoms with Crippen LogP contribution in [0.2, 0.25) is 0 Å². The van der Waals surface area contributed by atoms with Crippen LogP contribution in [0.15, 0.2) is 72.8 Å². The molecular weight excluding hydrogens is 586 g/mol. The molecule has 3 rings (SSSR count). The van der Waals surface area contributed by atoms with Crippen molar-refractivity contribution in [2.45, 2.75) is 58.7 Å². The zero-order chi connectivity index (χ0) is 33.6. The van der Waals surface area contributed by atoms with E-state index in [-0.39, 0.29) is 54.1 Å². The maximum atomic E-state index is 13.4. The summed E-state index contributed by atoms with van der Waals surface area (Å²) >= 11 is 0. The average Bonchev–Trinajstić information content (AvgIpc) is 3.04. The van der Waals surface area contributed by atoms with Crippen molar-refractivity contribution in [3.63, 3.8) is 0 Å². The third-order valence-corrected chi connectivity index (χ3v) is 7.45. The minimum atomic E-state index is -0.665. The van der Waals surface area contributed by atoms with E-state index in [9.17, 15) is 29.4 Å². The van der Waals surface area contributed by atoms with Gasteiger partial charge in [-0.1, -0.05) is 56.3 Å². The van der Waals surface area contributed by atoms with Gasteiger partial charge in [0.2, 0.25) is 11.8 Å². The summed E-state index contributed by atoms with van der Waals surface area (Å²) in [6.07, 6.45) is 0.933. The van der Waals surface area contributed by atoms with Gasteiger partial charge in [0.1, 0.15) is 6.04 Å². The highest BCUT2D eigenvalue weighted by atomic mass is 16.3. The predicted molar refractivity (Wildman–Crippen MR) is 177 cm³/mol. The Labute approximate surface area is 270 Å². The van der Waals surface area contributed by atoms with Crippen molar-refractivity contribution in [2.24, 2.45) is 5.92 Å². The van der Waals surface area contributed by atoms with Gasteiger partial charge >= 0.3 is 0 Å². The van der Waals surface area contributed by atoms with E-state index in [1.54, 1.807) is 31.2 Å². The first-order valence-electron chi connectivity index (χ1n) is 15.5. The van der Waals surface area contributed by atoms with Crippen molar-refractivity contribution < 1.29 is 29.4 Å². The molecule has 4 amide bonds. The Balaban J connectivity index is 1.63. The third kappa shape index (κ3) is 10.9. The van der Waals surface area contributed by atoms with E-state index in [0.717, 1.165) is 11.1 Å². The van der Waals surface area contributed by atoms with Gasteiger partial charge in [-0.2, -0.15) is 0 Å². The van der Waals surface area contributed by atoms with Crippen molar-refractivity contribution in [3.05, 3.63) is 95.1 Å². The molecule has 0 unspecified atom stereocenters. The summed E-state index contributed by atoms with van der Waals surface area (Å²) in [7, 11) is 0. The molecule has 0 saturated heterocycles. The smallest absolute Gasteiger partial charge is 0.251 e. The van der Waals surface area contributed by atoms with E-state index in [1.807, 2.05) is 51.1 Å². The number of hydrogen-bond acceptors (Lipinski definition) is 7. The first-order chi connectivity index (χ1) is 22.0. The Morgan fingerprint density at radius 3 is 2.07 bits per heavy atom. The number of benzene rings is 3. The van der Waals surface area contributed by atoms with Gasteiger partial charge in [-0.3, -0.25) is 19.2 Å². The Hall–Kier alpha value is -4.90. The summed E-state index contributed by atoms with van der Waals surface area (Å²) in [5.74, 6) is -1.82. The first kappa shape index (κ1) is 35.6. The fraction of sp³-hybridized carbons (Fsp3) is 0.371.